The van der Waals surface area contributed by atoms with Gasteiger partial charge in [0, 0.05) is 21.4 Å². The lowest BCUT2D eigenvalue weighted by atomic mass is 10.2. The van der Waals surface area contributed by atoms with Crippen LogP contribution in [0.2, 0.25) is 0 Å². The predicted octanol–water partition coefficient (Wildman–Crippen LogP) is 5.05. The van der Waals surface area contributed by atoms with E-state index in [9.17, 15) is 17.6 Å². The molecule has 1 atom stereocenters. The first-order valence-electron chi connectivity index (χ1n) is 10.8. The van der Waals surface area contributed by atoms with Crippen LogP contribution in [0.3, 0.4) is 0 Å². The van der Waals surface area contributed by atoms with Crippen molar-refractivity contribution < 1.29 is 27.4 Å². The summed E-state index contributed by atoms with van der Waals surface area (Å²) in [6, 6.07) is 10.00. The van der Waals surface area contributed by atoms with Gasteiger partial charge in [-0.05, 0) is 79.7 Å². The van der Waals surface area contributed by atoms with Crippen LogP contribution in [-0.2, 0) is 14.6 Å². The Kier molecular flexibility index (Phi) is 8.97. The minimum absolute atomic E-state index is 0.0364. The number of aliphatic carboxylic acids is 1. The number of ether oxygens (including phenoxy) is 1. The summed E-state index contributed by atoms with van der Waals surface area (Å²) in [5.74, 6) is -0.794. The van der Waals surface area contributed by atoms with Crippen molar-refractivity contribution in [3.8, 4) is 5.75 Å². The maximum absolute atomic E-state index is 13.5. The van der Waals surface area contributed by atoms with Crippen molar-refractivity contribution in [1.82, 2.24) is 5.32 Å². The Morgan fingerprint density at radius 2 is 2.00 bits per heavy atom. The normalized spacial score (nSPS) is 12.7. The molecular weight excluding hydrogens is 497 g/mol. The summed E-state index contributed by atoms with van der Waals surface area (Å²) in [7, 11) is -3.43. The lowest BCUT2D eigenvalue weighted by Crippen LogP contribution is -2.25. The molecule has 34 heavy (non-hydrogen) atoms. The molecule has 0 bridgehead atoms. The molecule has 0 saturated heterocycles. The smallest absolute Gasteiger partial charge is 0.341 e. The molecule has 184 valence electrons. The van der Waals surface area contributed by atoms with Crippen LogP contribution in [0.4, 0.5) is 4.39 Å². The molecule has 0 aliphatic rings. The van der Waals surface area contributed by atoms with Crippen molar-refractivity contribution in [1.29, 1.82) is 0 Å². The Labute approximate surface area is 207 Å². The number of thioether (sulfide) groups is 1. The minimum Gasteiger partial charge on any atom is -0.482 e. The molecule has 2 N–H and O–H groups in total. The van der Waals surface area contributed by atoms with Gasteiger partial charge in [-0.1, -0.05) is 6.92 Å². The van der Waals surface area contributed by atoms with Gasteiger partial charge in [0.2, 0.25) is 0 Å². The molecule has 3 rings (SSSR count). The third-order valence-corrected chi connectivity index (χ3v) is 10.0. The van der Waals surface area contributed by atoms with E-state index in [0.717, 1.165) is 15.2 Å². The molecule has 1 heterocycles. The topological polar surface area (TPSA) is 92.7 Å². The van der Waals surface area contributed by atoms with Crippen molar-refractivity contribution in [2.45, 2.75) is 41.5 Å². The Balaban J connectivity index is 1.45. The lowest BCUT2D eigenvalue weighted by Gasteiger charge is -2.14. The number of sulfone groups is 1. The fourth-order valence-corrected chi connectivity index (χ4v) is 7.81. The Bertz CT molecular complexity index is 1270. The molecular formula is C24H28FNO5S3. The number of carbonyl (C=O) groups is 1. The largest absolute Gasteiger partial charge is 0.482 e. The third-order valence-electron chi connectivity index (χ3n) is 5.17. The summed E-state index contributed by atoms with van der Waals surface area (Å²) in [5.41, 5.74) is 1.49. The predicted molar refractivity (Wildman–Crippen MR) is 136 cm³/mol. The molecule has 10 heteroatoms. The van der Waals surface area contributed by atoms with E-state index in [1.807, 2.05) is 19.1 Å². The van der Waals surface area contributed by atoms with Crippen LogP contribution in [0.25, 0.3) is 10.1 Å². The first kappa shape index (κ1) is 26.5. The Hall–Kier alpha value is -2.14. The second-order valence-corrected chi connectivity index (χ2v) is 12.9. The van der Waals surface area contributed by atoms with Gasteiger partial charge in [0.15, 0.2) is 16.4 Å². The van der Waals surface area contributed by atoms with E-state index in [1.165, 1.54) is 23.5 Å². The second kappa shape index (κ2) is 11.5. The van der Waals surface area contributed by atoms with E-state index in [4.69, 9.17) is 9.84 Å². The molecule has 1 unspecified atom stereocenters. The zero-order chi connectivity index (χ0) is 24.9. The van der Waals surface area contributed by atoms with E-state index in [0.29, 0.717) is 40.4 Å². The zero-order valence-corrected chi connectivity index (χ0v) is 21.7. The number of carboxylic acid groups (broad SMARTS) is 1. The van der Waals surface area contributed by atoms with Crippen LogP contribution in [0, 0.1) is 19.7 Å². The fraction of sp³-hybridized carbons (Fsp3) is 0.375. The van der Waals surface area contributed by atoms with Gasteiger partial charge in [-0.25, -0.2) is 17.6 Å². The summed E-state index contributed by atoms with van der Waals surface area (Å²) in [6.07, 6.45) is 0.483. The quantitative estimate of drug-likeness (QED) is 0.252. The van der Waals surface area contributed by atoms with Crippen LogP contribution < -0.4 is 10.1 Å². The molecule has 0 spiro atoms. The molecule has 2 aromatic carbocycles. The van der Waals surface area contributed by atoms with E-state index >= 15 is 0 Å². The molecule has 0 aliphatic heterocycles. The summed E-state index contributed by atoms with van der Waals surface area (Å²) in [4.78, 5) is 11.7. The number of carboxylic acids is 1. The van der Waals surface area contributed by atoms with Gasteiger partial charge < -0.3 is 15.2 Å². The minimum atomic E-state index is -3.43. The summed E-state index contributed by atoms with van der Waals surface area (Å²) in [5, 5.41) is 13.0. The monoisotopic (exact) mass is 525 g/mol. The van der Waals surface area contributed by atoms with Crippen LogP contribution in [-0.4, -0.2) is 50.2 Å². The molecule has 0 aliphatic carbocycles. The van der Waals surface area contributed by atoms with Crippen LogP contribution >= 0.6 is 23.1 Å². The highest BCUT2D eigenvalue weighted by Gasteiger charge is 2.21. The van der Waals surface area contributed by atoms with Crippen LogP contribution in [0.15, 0.2) is 45.5 Å². The maximum Gasteiger partial charge on any atom is 0.341 e. The van der Waals surface area contributed by atoms with Crippen molar-refractivity contribution in [2.24, 2.45) is 0 Å². The molecule has 0 fully saturated rings. The Morgan fingerprint density at radius 3 is 2.71 bits per heavy atom. The Morgan fingerprint density at radius 1 is 1.24 bits per heavy atom. The number of fused-ring (bicyclic) bond motifs is 1. The first-order chi connectivity index (χ1) is 16.1. The van der Waals surface area contributed by atoms with Crippen molar-refractivity contribution >= 4 is 49.0 Å². The maximum atomic E-state index is 13.5. The molecule has 6 nitrogen and oxygen atoms in total. The molecule has 0 saturated carbocycles. The zero-order valence-electron chi connectivity index (χ0n) is 19.3. The van der Waals surface area contributed by atoms with Gasteiger partial charge in [0.05, 0.1) is 5.75 Å². The number of hydrogen-bond donors (Lipinski definition) is 2. The summed E-state index contributed by atoms with van der Waals surface area (Å²) < 4.78 is 45.5. The SMILES string of the molecule is Cc1cc(SC(C)CNCCCS(=O)(=O)c2sc3ccc(F)cc3c2C)ccc1OCC(=O)O. The first-order valence-corrected chi connectivity index (χ1v) is 14.2. The molecule has 0 radical (unpaired) electrons. The van der Waals surface area contributed by atoms with Crippen molar-refractivity contribution in [2.75, 3.05) is 25.4 Å². The van der Waals surface area contributed by atoms with Gasteiger partial charge in [0.25, 0.3) is 0 Å². The number of nitrogens with one attached hydrogen (secondary N) is 1. The number of halogens is 1. The van der Waals surface area contributed by atoms with Gasteiger partial charge in [-0.15, -0.1) is 23.1 Å². The van der Waals surface area contributed by atoms with E-state index in [-0.39, 0.29) is 23.4 Å². The second-order valence-electron chi connectivity index (χ2n) is 8.07. The average molecular weight is 526 g/mol. The van der Waals surface area contributed by atoms with Crippen LogP contribution in [0.5, 0.6) is 5.75 Å². The lowest BCUT2D eigenvalue weighted by molar-refractivity contribution is -0.139. The molecule has 0 amide bonds. The van der Waals surface area contributed by atoms with Gasteiger partial charge >= 0.3 is 5.97 Å². The number of thiophene rings is 1. The van der Waals surface area contributed by atoms with Gasteiger partial charge in [0.1, 0.15) is 15.8 Å². The standard InChI is InChI=1S/C24H28FNO5S3/c1-15-11-19(6-7-21(15)31-14-23(27)28)32-16(2)13-26-9-4-10-34(29,30)24-17(3)20-12-18(25)5-8-22(20)33-24/h5-8,11-12,16,26H,4,9-10,13-14H2,1-3H3,(H,27,28). The number of benzene rings is 2. The summed E-state index contributed by atoms with van der Waals surface area (Å²) in [6.45, 7) is 6.60. The van der Waals surface area contributed by atoms with E-state index < -0.39 is 15.8 Å². The molecule has 3 aromatic rings. The van der Waals surface area contributed by atoms with E-state index in [2.05, 4.69) is 12.2 Å². The number of hydrogen-bond acceptors (Lipinski definition) is 7. The number of rotatable bonds is 12. The summed E-state index contributed by atoms with van der Waals surface area (Å²) >= 11 is 2.87. The highest BCUT2D eigenvalue weighted by atomic mass is 32.2. The van der Waals surface area contributed by atoms with Crippen molar-refractivity contribution in [3.05, 3.63) is 53.3 Å². The third kappa shape index (κ3) is 6.94. The highest BCUT2D eigenvalue weighted by molar-refractivity contribution is 8.00. The van der Waals surface area contributed by atoms with Crippen molar-refractivity contribution in [3.63, 3.8) is 0 Å². The fourth-order valence-electron chi connectivity index (χ4n) is 3.52. The van der Waals surface area contributed by atoms with E-state index in [1.54, 1.807) is 30.8 Å². The number of aryl methyl sites for hydroxylation is 2. The highest BCUT2D eigenvalue weighted by Crippen LogP contribution is 2.35. The van der Waals surface area contributed by atoms with Gasteiger partial charge in [-0.2, -0.15) is 0 Å². The molecule has 1 aromatic heterocycles. The van der Waals surface area contributed by atoms with Crippen LogP contribution in [0.1, 0.15) is 24.5 Å². The average Bonchev–Trinajstić information content (AvgIpc) is 3.09. The van der Waals surface area contributed by atoms with Gasteiger partial charge in [-0.3, -0.25) is 0 Å².